The van der Waals surface area contributed by atoms with Gasteiger partial charge in [-0.25, -0.2) is 0 Å². The number of hydrogen-bond donors (Lipinski definition) is 3. The molecule has 0 saturated heterocycles. The Labute approximate surface area is 174 Å². The number of amides is 1. The molecule has 3 rings (SSSR count). The van der Waals surface area contributed by atoms with Crippen LogP contribution in [0.3, 0.4) is 0 Å². The summed E-state index contributed by atoms with van der Waals surface area (Å²) in [5.74, 6) is -0.114. The molecule has 0 bridgehead atoms. The van der Waals surface area contributed by atoms with Crippen molar-refractivity contribution in [3.05, 3.63) is 69.4 Å². The van der Waals surface area contributed by atoms with Crippen molar-refractivity contribution in [3.63, 3.8) is 0 Å². The first kappa shape index (κ1) is 19.5. The highest BCUT2D eigenvalue weighted by Gasteiger charge is 2.15. The van der Waals surface area contributed by atoms with Crippen LogP contribution in [0.1, 0.15) is 10.6 Å². The molecule has 27 heavy (non-hydrogen) atoms. The van der Waals surface area contributed by atoms with Gasteiger partial charge < -0.3 is 14.8 Å². The van der Waals surface area contributed by atoms with Gasteiger partial charge in [-0.3, -0.25) is 10.1 Å². The van der Waals surface area contributed by atoms with Crippen molar-refractivity contribution in [3.8, 4) is 17.1 Å². The molecule has 0 fully saturated rings. The highest BCUT2D eigenvalue weighted by molar-refractivity contribution is 7.80. The van der Waals surface area contributed by atoms with Gasteiger partial charge in [0.2, 0.25) is 0 Å². The van der Waals surface area contributed by atoms with E-state index in [4.69, 9.17) is 51.4 Å². The largest absolute Gasteiger partial charge is 0.506 e. The summed E-state index contributed by atoms with van der Waals surface area (Å²) in [6.45, 7) is 0. The molecule has 1 aromatic heterocycles. The molecule has 0 atom stereocenters. The lowest BCUT2D eigenvalue weighted by Crippen LogP contribution is -2.33. The van der Waals surface area contributed by atoms with Gasteiger partial charge >= 0.3 is 0 Å². The molecule has 0 radical (unpaired) electrons. The summed E-state index contributed by atoms with van der Waals surface area (Å²) in [4.78, 5) is 12.3. The Balaban J connectivity index is 1.69. The first-order valence-electron chi connectivity index (χ1n) is 7.49. The second kappa shape index (κ2) is 8.19. The summed E-state index contributed by atoms with van der Waals surface area (Å²) >= 11 is 22.8. The Bertz CT molecular complexity index is 1040. The number of carbonyl (C=O) groups is 1. The van der Waals surface area contributed by atoms with Gasteiger partial charge in [0.25, 0.3) is 5.91 Å². The predicted octanol–water partition coefficient (Wildman–Crippen LogP) is 5.74. The van der Waals surface area contributed by atoms with Crippen molar-refractivity contribution in [2.45, 2.75) is 0 Å². The second-order valence-electron chi connectivity index (χ2n) is 5.36. The number of thiocarbonyl (C=S) groups is 1. The predicted molar refractivity (Wildman–Crippen MR) is 111 cm³/mol. The van der Waals surface area contributed by atoms with Gasteiger partial charge in [-0.1, -0.05) is 34.8 Å². The van der Waals surface area contributed by atoms with Crippen LogP contribution in [0.4, 0.5) is 5.69 Å². The molecule has 9 heteroatoms. The second-order valence-corrected chi connectivity index (χ2v) is 7.02. The van der Waals surface area contributed by atoms with E-state index in [1.165, 1.54) is 24.3 Å². The molecule has 2 aromatic carbocycles. The van der Waals surface area contributed by atoms with Gasteiger partial charge in [0.1, 0.15) is 11.5 Å². The number of halogens is 3. The van der Waals surface area contributed by atoms with E-state index in [0.717, 1.165) is 0 Å². The Morgan fingerprint density at radius 3 is 2.52 bits per heavy atom. The fraction of sp³-hybridized carbons (Fsp3) is 0. The zero-order valence-electron chi connectivity index (χ0n) is 13.4. The minimum absolute atomic E-state index is 0.0231. The van der Waals surface area contributed by atoms with Crippen LogP contribution in [-0.4, -0.2) is 16.1 Å². The molecule has 0 spiro atoms. The summed E-state index contributed by atoms with van der Waals surface area (Å²) in [6, 6.07) is 12.5. The van der Waals surface area contributed by atoms with Crippen LogP contribution in [0.5, 0.6) is 5.75 Å². The van der Waals surface area contributed by atoms with Crippen LogP contribution in [0.25, 0.3) is 11.3 Å². The number of phenols is 1. The molecule has 1 heterocycles. The topological polar surface area (TPSA) is 74.5 Å². The van der Waals surface area contributed by atoms with E-state index in [0.29, 0.717) is 26.4 Å². The lowest BCUT2D eigenvalue weighted by molar-refractivity contribution is 0.0951. The van der Waals surface area contributed by atoms with Crippen molar-refractivity contribution >= 4 is 63.7 Å². The zero-order valence-corrected chi connectivity index (χ0v) is 16.5. The Morgan fingerprint density at radius 2 is 1.78 bits per heavy atom. The first-order valence-corrected chi connectivity index (χ1v) is 9.04. The maximum Gasteiger partial charge on any atom is 0.293 e. The highest BCUT2D eigenvalue weighted by atomic mass is 35.5. The van der Waals surface area contributed by atoms with Crippen molar-refractivity contribution in [1.29, 1.82) is 0 Å². The monoisotopic (exact) mass is 440 g/mol. The van der Waals surface area contributed by atoms with Crippen molar-refractivity contribution in [2.24, 2.45) is 0 Å². The number of anilines is 1. The molecule has 138 valence electrons. The van der Waals surface area contributed by atoms with Crippen LogP contribution in [-0.2, 0) is 0 Å². The zero-order chi connectivity index (χ0) is 19.6. The lowest BCUT2D eigenvalue weighted by atomic mass is 10.2. The number of furan rings is 1. The van der Waals surface area contributed by atoms with Crippen LogP contribution < -0.4 is 10.6 Å². The van der Waals surface area contributed by atoms with Gasteiger partial charge in [0.15, 0.2) is 10.9 Å². The number of nitrogens with one attached hydrogen (secondary N) is 2. The van der Waals surface area contributed by atoms with E-state index in [1.807, 2.05) is 0 Å². The highest BCUT2D eigenvalue weighted by Crippen LogP contribution is 2.30. The molecule has 3 aromatic rings. The quantitative estimate of drug-likeness (QED) is 0.357. The third-order valence-corrected chi connectivity index (χ3v) is 4.65. The van der Waals surface area contributed by atoms with Gasteiger partial charge in [-0.2, -0.15) is 0 Å². The van der Waals surface area contributed by atoms with E-state index in [1.54, 1.807) is 24.3 Å². The lowest BCUT2D eigenvalue weighted by Gasteiger charge is -2.10. The van der Waals surface area contributed by atoms with E-state index in [2.05, 4.69) is 10.6 Å². The minimum Gasteiger partial charge on any atom is -0.506 e. The van der Waals surface area contributed by atoms with Crippen LogP contribution in [0.15, 0.2) is 52.9 Å². The summed E-state index contributed by atoms with van der Waals surface area (Å²) in [5, 5.41) is 16.1. The SMILES string of the molecule is O=C(NC(=S)Nc1cc(Cl)ccc1O)c1ccc(-c2ccc(Cl)c(Cl)c2)o1. The third kappa shape index (κ3) is 4.73. The number of phenolic OH excluding ortho intramolecular Hbond substituents is 1. The smallest absolute Gasteiger partial charge is 0.293 e. The van der Waals surface area contributed by atoms with E-state index in [-0.39, 0.29) is 22.3 Å². The molecule has 0 aliphatic rings. The van der Waals surface area contributed by atoms with Crippen LogP contribution in [0, 0.1) is 0 Å². The molecular formula is C18H11Cl3N2O3S. The molecule has 0 aliphatic heterocycles. The van der Waals surface area contributed by atoms with Gasteiger partial charge in [-0.15, -0.1) is 0 Å². The maximum atomic E-state index is 12.3. The number of rotatable bonds is 3. The summed E-state index contributed by atoms with van der Waals surface area (Å²) < 4.78 is 5.55. The first-order chi connectivity index (χ1) is 12.8. The molecule has 0 aliphatic carbocycles. The van der Waals surface area contributed by atoms with E-state index < -0.39 is 5.91 Å². The number of benzene rings is 2. The molecule has 1 amide bonds. The van der Waals surface area contributed by atoms with Gasteiger partial charge in [0.05, 0.1) is 15.7 Å². The Kier molecular flexibility index (Phi) is 5.92. The molecule has 0 unspecified atom stereocenters. The van der Waals surface area contributed by atoms with E-state index >= 15 is 0 Å². The number of carbonyl (C=O) groups excluding carboxylic acids is 1. The average molecular weight is 442 g/mol. The van der Waals surface area contributed by atoms with Gasteiger partial charge in [-0.05, 0) is 60.7 Å². The number of aromatic hydroxyl groups is 1. The van der Waals surface area contributed by atoms with Crippen LogP contribution >= 0.6 is 47.0 Å². The average Bonchev–Trinajstić information content (AvgIpc) is 3.11. The van der Waals surface area contributed by atoms with Gasteiger partial charge in [0, 0.05) is 10.6 Å². The molecule has 0 saturated carbocycles. The van der Waals surface area contributed by atoms with Crippen LogP contribution in [0.2, 0.25) is 15.1 Å². The normalized spacial score (nSPS) is 10.5. The maximum absolute atomic E-state index is 12.3. The fourth-order valence-corrected chi connectivity index (χ4v) is 2.86. The molecule has 5 nitrogen and oxygen atoms in total. The fourth-order valence-electron chi connectivity index (χ4n) is 2.19. The standard InChI is InChI=1S/C18H11Cl3N2O3S/c19-10-2-4-14(24)13(8-10)22-18(27)23-17(25)16-6-5-15(26-16)9-1-3-11(20)12(21)7-9/h1-8,24H,(H2,22,23,25,27). The van der Waals surface area contributed by atoms with Crippen molar-refractivity contribution < 1.29 is 14.3 Å². The summed E-state index contributed by atoms with van der Waals surface area (Å²) in [6.07, 6.45) is 0. The summed E-state index contributed by atoms with van der Waals surface area (Å²) in [7, 11) is 0. The Hall–Kier alpha value is -2.25. The van der Waals surface area contributed by atoms with E-state index in [9.17, 15) is 9.90 Å². The molecule has 3 N–H and O–H groups in total. The molecular weight excluding hydrogens is 431 g/mol. The third-order valence-electron chi connectivity index (χ3n) is 3.47. The van der Waals surface area contributed by atoms with Crippen molar-refractivity contribution in [2.75, 3.05) is 5.32 Å². The minimum atomic E-state index is -0.555. The summed E-state index contributed by atoms with van der Waals surface area (Å²) in [5.41, 5.74) is 0.941. The van der Waals surface area contributed by atoms with Crippen molar-refractivity contribution in [1.82, 2.24) is 5.32 Å². The Morgan fingerprint density at radius 1 is 1.00 bits per heavy atom. The number of hydrogen-bond acceptors (Lipinski definition) is 4.